The van der Waals surface area contributed by atoms with Crippen LogP contribution >= 0.6 is 11.3 Å². The number of carbonyl (C=O) groups excluding carboxylic acids is 2. The molecule has 3 aromatic rings. The van der Waals surface area contributed by atoms with Crippen molar-refractivity contribution in [2.75, 3.05) is 19.8 Å². The molecule has 184 valence electrons. The highest BCUT2D eigenvalue weighted by molar-refractivity contribution is 7.09. The number of hydrogen-bond acceptors (Lipinski definition) is 6. The Balaban J connectivity index is 1.66. The zero-order valence-corrected chi connectivity index (χ0v) is 20.6. The van der Waals surface area contributed by atoms with Crippen molar-refractivity contribution in [3.8, 4) is 11.5 Å². The van der Waals surface area contributed by atoms with E-state index in [1.165, 1.54) is 4.88 Å². The summed E-state index contributed by atoms with van der Waals surface area (Å²) in [7, 11) is 0. The molecule has 1 heterocycles. The molecule has 8 heteroatoms. The van der Waals surface area contributed by atoms with E-state index < -0.39 is 11.8 Å². The van der Waals surface area contributed by atoms with E-state index in [4.69, 9.17) is 14.6 Å². The quantitative estimate of drug-likeness (QED) is 0.330. The van der Waals surface area contributed by atoms with Gasteiger partial charge in [-0.1, -0.05) is 18.2 Å². The fourth-order valence-electron chi connectivity index (χ4n) is 3.13. The number of carbonyl (C=O) groups is 2. The minimum absolute atomic E-state index is 0.0493. The number of thiophene rings is 1. The highest BCUT2D eigenvalue weighted by atomic mass is 32.1. The van der Waals surface area contributed by atoms with Gasteiger partial charge in [0.1, 0.15) is 17.2 Å². The van der Waals surface area contributed by atoms with Crippen LogP contribution in [-0.2, 0) is 11.2 Å². The Morgan fingerprint density at radius 3 is 2.37 bits per heavy atom. The van der Waals surface area contributed by atoms with Gasteiger partial charge in [0.2, 0.25) is 0 Å². The van der Waals surface area contributed by atoms with Crippen molar-refractivity contribution in [1.82, 2.24) is 10.6 Å². The minimum atomic E-state index is -0.497. The largest absolute Gasteiger partial charge is 0.493 e. The van der Waals surface area contributed by atoms with Gasteiger partial charge in [-0.25, -0.2) is 0 Å². The highest BCUT2D eigenvalue weighted by Gasteiger charge is 2.15. The molecule has 1 aromatic heterocycles. The number of amides is 2. The van der Waals surface area contributed by atoms with Crippen LogP contribution in [0.3, 0.4) is 0 Å². The summed E-state index contributed by atoms with van der Waals surface area (Å²) in [6, 6.07) is 18.0. The molecule has 3 N–H and O–H groups in total. The molecule has 0 bridgehead atoms. The lowest BCUT2D eigenvalue weighted by atomic mass is 10.1. The van der Waals surface area contributed by atoms with Crippen LogP contribution in [0.25, 0.3) is 6.08 Å². The number of rotatable bonds is 12. The second kappa shape index (κ2) is 13.3. The Morgan fingerprint density at radius 1 is 1.03 bits per heavy atom. The van der Waals surface area contributed by atoms with Crippen molar-refractivity contribution in [1.29, 1.82) is 0 Å². The lowest BCUT2D eigenvalue weighted by Gasteiger charge is -2.12. The fraction of sp³-hybridized carbons (Fsp3) is 0.259. The molecule has 7 nitrogen and oxygen atoms in total. The number of benzene rings is 2. The number of aliphatic hydroxyl groups is 1. The van der Waals surface area contributed by atoms with E-state index in [0.717, 1.165) is 6.42 Å². The van der Waals surface area contributed by atoms with Crippen molar-refractivity contribution in [3.05, 3.63) is 87.7 Å². The second-order valence-electron chi connectivity index (χ2n) is 7.93. The van der Waals surface area contributed by atoms with Gasteiger partial charge in [0, 0.05) is 23.4 Å². The summed E-state index contributed by atoms with van der Waals surface area (Å²) in [4.78, 5) is 26.7. The molecule has 0 aliphatic rings. The van der Waals surface area contributed by atoms with Crippen molar-refractivity contribution >= 4 is 29.2 Å². The molecule has 0 saturated heterocycles. The zero-order chi connectivity index (χ0) is 25.0. The minimum Gasteiger partial charge on any atom is -0.493 e. The maximum Gasteiger partial charge on any atom is 0.267 e. The third-order valence-corrected chi connectivity index (χ3v) is 5.70. The SMILES string of the molecule is CC(C)Oc1ccc(/C=C(\NC(=O)c2ccc(OCCc3cccs3)cc2)C(=O)NCCO)cc1. The van der Waals surface area contributed by atoms with Crippen molar-refractivity contribution in [3.63, 3.8) is 0 Å². The maximum atomic E-state index is 12.8. The van der Waals surface area contributed by atoms with Crippen LogP contribution in [0, 0.1) is 0 Å². The van der Waals surface area contributed by atoms with Crippen LogP contribution in [-0.4, -0.2) is 42.8 Å². The molecule has 0 aliphatic heterocycles. The summed E-state index contributed by atoms with van der Waals surface area (Å²) in [5, 5.41) is 16.3. The first-order valence-electron chi connectivity index (χ1n) is 11.4. The van der Waals surface area contributed by atoms with E-state index in [2.05, 4.69) is 16.7 Å². The van der Waals surface area contributed by atoms with Crippen molar-refractivity contribution in [2.24, 2.45) is 0 Å². The molecule has 0 atom stereocenters. The maximum absolute atomic E-state index is 12.8. The molecule has 0 unspecified atom stereocenters. The van der Waals surface area contributed by atoms with Crippen LogP contribution in [0.4, 0.5) is 0 Å². The van der Waals surface area contributed by atoms with Gasteiger partial charge in [-0.15, -0.1) is 11.3 Å². The molecular weight excluding hydrogens is 464 g/mol. The Hall–Kier alpha value is -3.62. The Morgan fingerprint density at radius 2 is 1.74 bits per heavy atom. The smallest absolute Gasteiger partial charge is 0.267 e. The molecule has 35 heavy (non-hydrogen) atoms. The Kier molecular flexibility index (Phi) is 9.89. The second-order valence-corrected chi connectivity index (χ2v) is 8.96. The zero-order valence-electron chi connectivity index (χ0n) is 19.8. The van der Waals surface area contributed by atoms with E-state index in [9.17, 15) is 9.59 Å². The van der Waals surface area contributed by atoms with Gasteiger partial charge < -0.3 is 25.2 Å². The van der Waals surface area contributed by atoms with Crippen LogP contribution in [0.5, 0.6) is 11.5 Å². The van der Waals surface area contributed by atoms with E-state index >= 15 is 0 Å². The summed E-state index contributed by atoms with van der Waals surface area (Å²) >= 11 is 1.69. The van der Waals surface area contributed by atoms with Gasteiger partial charge in [0.05, 0.1) is 19.3 Å². The van der Waals surface area contributed by atoms with E-state index in [1.54, 1.807) is 65.9 Å². The molecule has 2 aromatic carbocycles. The number of hydrogen-bond donors (Lipinski definition) is 3. The summed E-state index contributed by atoms with van der Waals surface area (Å²) in [5.41, 5.74) is 1.17. The molecule has 0 fully saturated rings. The summed E-state index contributed by atoms with van der Waals surface area (Å²) in [6.45, 7) is 4.30. The van der Waals surface area contributed by atoms with Gasteiger partial charge in [-0.05, 0) is 73.3 Å². The molecule has 0 aliphatic carbocycles. The van der Waals surface area contributed by atoms with Gasteiger partial charge in [0.15, 0.2) is 0 Å². The molecule has 0 radical (unpaired) electrons. The highest BCUT2D eigenvalue weighted by Crippen LogP contribution is 2.17. The first-order valence-corrected chi connectivity index (χ1v) is 12.3. The average molecular weight is 495 g/mol. The predicted molar refractivity (Wildman–Crippen MR) is 138 cm³/mol. The van der Waals surface area contributed by atoms with Crippen LogP contribution in [0.15, 0.2) is 71.7 Å². The number of nitrogens with one attached hydrogen (secondary N) is 2. The monoisotopic (exact) mass is 494 g/mol. The summed E-state index contributed by atoms with van der Waals surface area (Å²) in [5.74, 6) is 0.451. The Labute approximate surface area is 209 Å². The topological polar surface area (TPSA) is 96.9 Å². The normalized spacial score (nSPS) is 11.3. The molecule has 2 amide bonds. The lowest BCUT2D eigenvalue weighted by molar-refractivity contribution is -0.117. The van der Waals surface area contributed by atoms with E-state index in [-0.39, 0.29) is 25.0 Å². The molecular formula is C27H30N2O5S. The standard InChI is InChI=1S/C27H30N2O5S/c1-19(2)34-23-9-5-20(6-10-23)18-25(27(32)28-14-15-30)29-26(31)21-7-11-22(12-8-21)33-16-13-24-4-3-17-35-24/h3-12,17-19,30H,13-16H2,1-2H3,(H,28,32)(H,29,31)/b25-18-. The number of ether oxygens (including phenoxy) is 2. The van der Waals surface area contributed by atoms with E-state index in [0.29, 0.717) is 29.2 Å². The lowest BCUT2D eigenvalue weighted by Crippen LogP contribution is -2.36. The van der Waals surface area contributed by atoms with Gasteiger partial charge >= 0.3 is 0 Å². The first-order chi connectivity index (χ1) is 16.9. The van der Waals surface area contributed by atoms with Crippen LogP contribution in [0.2, 0.25) is 0 Å². The number of aliphatic hydroxyl groups excluding tert-OH is 1. The van der Waals surface area contributed by atoms with Crippen molar-refractivity contribution < 1.29 is 24.2 Å². The van der Waals surface area contributed by atoms with Gasteiger partial charge in [0.25, 0.3) is 11.8 Å². The molecule has 3 rings (SSSR count). The van der Waals surface area contributed by atoms with Gasteiger partial charge in [-0.2, -0.15) is 0 Å². The summed E-state index contributed by atoms with van der Waals surface area (Å²) < 4.78 is 11.4. The van der Waals surface area contributed by atoms with Crippen LogP contribution in [0.1, 0.15) is 34.6 Å². The van der Waals surface area contributed by atoms with Crippen molar-refractivity contribution in [2.45, 2.75) is 26.4 Å². The first kappa shape index (κ1) is 26.0. The third-order valence-electron chi connectivity index (χ3n) is 4.77. The van der Waals surface area contributed by atoms with Crippen LogP contribution < -0.4 is 20.1 Å². The fourth-order valence-corrected chi connectivity index (χ4v) is 3.82. The Bertz CT molecular complexity index is 1110. The predicted octanol–water partition coefficient (Wildman–Crippen LogP) is 4.04. The molecule has 0 saturated carbocycles. The third kappa shape index (κ3) is 8.59. The van der Waals surface area contributed by atoms with E-state index in [1.807, 2.05) is 25.3 Å². The average Bonchev–Trinajstić information content (AvgIpc) is 3.37. The molecule has 0 spiro atoms. The summed E-state index contributed by atoms with van der Waals surface area (Å²) in [6.07, 6.45) is 2.45. The van der Waals surface area contributed by atoms with Gasteiger partial charge in [-0.3, -0.25) is 9.59 Å².